The number of nitrogens with zero attached hydrogens (tertiary/aromatic N) is 4. The third kappa shape index (κ3) is 4.52. The lowest BCUT2D eigenvalue weighted by Crippen LogP contribution is -2.38. The number of likely N-dealkylation sites (tertiary alicyclic amines) is 1. The molecule has 0 unspecified atom stereocenters. The van der Waals surface area contributed by atoms with E-state index in [4.69, 9.17) is 19.4 Å². The number of morpholine rings is 1. The monoisotopic (exact) mass is 412 g/mol. The van der Waals surface area contributed by atoms with Gasteiger partial charge in [-0.2, -0.15) is 0 Å². The molecule has 0 bridgehead atoms. The molecule has 0 atom stereocenters. The van der Waals surface area contributed by atoms with Crippen molar-refractivity contribution >= 4 is 5.82 Å². The van der Waals surface area contributed by atoms with Crippen LogP contribution < -0.4 is 9.64 Å². The molecule has 1 aromatic carbocycles. The number of phenols is 1. The van der Waals surface area contributed by atoms with Gasteiger partial charge in [0.25, 0.3) is 0 Å². The molecule has 7 nitrogen and oxygen atoms in total. The number of aromatic nitrogens is 2. The highest BCUT2D eigenvalue weighted by atomic mass is 16.5. The molecular weight excluding hydrogens is 380 g/mol. The third-order valence-electron chi connectivity index (χ3n) is 6.29. The molecule has 2 saturated heterocycles. The second-order valence-electron chi connectivity index (χ2n) is 8.27. The molecule has 4 rings (SSSR count). The molecule has 2 aliphatic rings. The zero-order valence-corrected chi connectivity index (χ0v) is 18.2. The first-order valence-electron chi connectivity index (χ1n) is 10.8. The minimum atomic E-state index is 0.183. The number of rotatable bonds is 5. The fraction of sp³-hybridized carbons (Fsp3) is 0.565. The number of methoxy groups -OCH3 is 1. The van der Waals surface area contributed by atoms with Crippen LogP contribution in [0.1, 0.15) is 41.4 Å². The molecule has 0 amide bonds. The molecule has 2 fully saturated rings. The predicted octanol–water partition coefficient (Wildman–Crippen LogP) is 3.02. The summed E-state index contributed by atoms with van der Waals surface area (Å²) in [6, 6.07) is 5.59. The van der Waals surface area contributed by atoms with Gasteiger partial charge in [-0.3, -0.25) is 4.90 Å². The first kappa shape index (κ1) is 20.9. The van der Waals surface area contributed by atoms with Crippen LogP contribution in [0.2, 0.25) is 0 Å². The van der Waals surface area contributed by atoms with Gasteiger partial charge in [-0.15, -0.1) is 0 Å². The third-order valence-corrected chi connectivity index (χ3v) is 6.29. The number of hydrogen-bond acceptors (Lipinski definition) is 7. The first-order chi connectivity index (χ1) is 14.5. The van der Waals surface area contributed by atoms with E-state index in [1.165, 1.54) is 5.56 Å². The van der Waals surface area contributed by atoms with Gasteiger partial charge in [-0.05, 0) is 57.5 Å². The van der Waals surface area contributed by atoms with Crippen molar-refractivity contribution in [2.75, 3.05) is 51.4 Å². The summed E-state index contributed by atoms with van der Waals surface area (Å²) in [7, 11) is 1.58. The topological polar surface area (TPSA) is 71.0 Å². The van der Waals surface area contributed by atoms with Crippen molar-refractivity contribution in [1.29, 1.82) is 0 Å². The number of benzene rings is 1. The largest absolute Gasteiger partial charge is 0.504 e. The maximum atomic E-state index is 9.80. The Kier molecular flexibility index (Phi) is 6.39. The van der Waals surface area contributed by atoms with Crippen molar-refractivity contribution in [3.63, 3.8) is 0 Å². The SMILES string of the molecule is COc1cc(CN2CCC(c3nc(C)c(C)c(N4CCOCC4)n3)CC2)ccc1O. The van der Waals surface area contributed by atoms with Crippen LogP contribution in [-0.2, 0) is 11.3 Å². The van der Waals surface area contributed by atoms with E-state index < -0.39 is 0 Å². The lowest BCUT2D eigenvalue weighted by Gasteiger charge is -2.33. The summed E-state index contributed by atoms with van der Waals surface area (Å²) in [4.78, 5) is 14.7. The van der Waals surface area contributed by atoms with Gasteiger partial charge in [0.15, 0.2) is 11.5 Å². The van der Waals surface area contributed by atoms with Crippen molar-refractivity contribution in [2.45, 2.75) is 39.2 Å². The lowest BCUT2D eigenvalue weighted by molar-refractivity contribution is 0.122. The molecule has 7 heteroatoms. The summed E-state index contributed by atoms with van der Waals surface area (Å²) in [5, 5.41) is 9.80. The fourth-order valence-corrected chi connectivity index (χ4v) is 4.33. The van der Waals surface area contributed by atoms with Gasteiger partial charge < -0.3 is 19.5 Å². The summed E-state index contributed by atoms with van der Waals surface area (Å²) in [6.45, 7) is 10.4. The van der Waals surface area contributed by atoms with Gasteiger partial charge in [0.2, 0.25) is 0 Å². The predicted molar refractivity (Wildman–Crippen MR) is 116 cm³/mol. The van der Waals surface area contributed by atoms with Gasteiger partial charge in [-0.25, -0.2) is 9.97 Å². The summed E-state index contributed by atoms with van der Waals surface area (Å²) < 4.78 is 10.7. The van der Waals surface area contributed by atoms with Crippen molar-refractivity contribution in [1.82, 2.24) is 14.9 Å². The van der Waals surface area contributed by atoms with E-state index >= 15 is 0 Å². The summed E-state index contributed by atoms with van der Waals surface area (Å²) >= 11 is 0. The van der Waals surface area contributed by atoms with Crippen LogP contribution in [-0.4, -0.2) is 66.5 Å². The Labute approximate surface area is 178 Å². The number of piperidine rings is 1. The maximum Gasteiger partial charge on any atom is 0.160 e. The molecule has 162 valence electrons. The van der Waals surface area contributed by atoms with E-state index in [1.807, 2.05) is 12.1 Å². The van der Waals surface area contributed by atoms with Gasteiger partial charge in [0, 0.05) is 36.8 Å². The Bertz CT molecular complexity index is 875. The lowest BCUT2D eigenvalue weighted by atomic mass is 9.95. The molecule has 0 radical (unpaired) electrons. The molecule has 1 aromatic heterocycles. The second-order valence-corrected chi connectivity index (χ2v) is 8.27. The molecule has 2 aliphatic heterocycles. The zero-order chi connectivity index (χ0) is 21.1. The number of aryl methyl sites for hydroxylation is 1. The van der Waals surface area contributed by atoms with Crippen LogP contribution in [0.5, 0.6) is 11.5 Å². The second kappa shape index (κ2) is 9.18. The van der Waals surface area contributed by atoms with Crippen molar-refractivity contribution in [3.8, 4) is 11.5 Å². The Morgan fingerprint density at radius 3 is 2.53 bits per heavy atom. The van der Waals surface area contributed by atoms with Crippen LogP contribution >= 0.6 is 0 Å². The molecule has 2 aromatic rings. The van der Waals surface area contributed by atoms with Gasteiger partial charge in [0.05, 0.1) is 20.3 Å². The minimum Gasteiger partial charge on any atom is -0.504 e. The highest BCUT2D eigenvalue weighted by Gasteiger charge is 2.25. The summed E-state index contributed by atoms with van der Waals surface area (Å²) in [6.07, 6.45) is 2.11. The Morgan fingerprint density at radius 1 is 1.10 bits per heavy atom. The first-order valence-corrected chi connectivity index (χ1v) is 10.8. The normalized spacial score (nSPS) is 18.6. The van der Waals surface area contributed by atoms with Crippen LogP contribution in [0.3, 0.4) is 0 Å². The number of aromatic hydroxyl groups is 1. The molecule has 1 N–H and O–H groups in total. The fourth-order valence-electron chi connectivity index (χ4n) is 4.33. The van der Waals surface area contributed by atoms with E-state index in [0.717, 1.165) is 81.7 Å². The molecule has 0 spiro atoms. The molecule has 0 saturated carbocycles. The smallest absolute Gasteiger partial charge is 0.160 e. The molecule has 30 heavy (non-hydrogen) atoms. The number of phenolic OH excluding ortho intramolecular Hbond substituents is 1. The van der Waals surface area contributed by atoms with E-state index in [1.54, 1.807) is 13.2 Å². The zero-order valence-electron chi connectivity index (χ0n) is 18.2. The van der Waals surface area contributed by atoms with E-state index in [2.05, 4.69) is 23.6 Å². The van der Waals surface area contributed by atoms with Gasteiger partial charge >= 0.3 is 0 Å². The average Bonchev–Trinajstić information content (AvgIpc) is 2.78. The Morgan fingerprint density at radius 2 is 1.83 bits per heavy atom. The van der Waals surface area contributed by atoms with E-state index in [-0.39, 0.29) is 5.75 Å². The Balaban J connectivity index is 1.42. The van der Waals surface area contributed by atoms with Crippen molar-refractivity contribution in [2.24, 2.45) is 0 Å². The van der Waals surface area contributed by atoms with Gasteiger partial charge in [-0.1, -0.05) is 6.07 Å². The van der Waals surface area contributed by atoms with Crippen molar-refractivity contribution in [3.05, 3.63) is 40.8 Å². The molecular formula is C23H32N4O3. The van der Waals surface area contributed by atoms with Crippen LogP contribution in [0.4, 0.5) is 5.82 Å². The highest BCUT2D eigenvalue weighted by molar-refractivity contribution is 5.49. The standard InChI is InChI=1S/C23H32N4O3/c1-16-17(2)24-22(25-23(16)27-10-12-30-13-11-27)19-6-8-26(9-7-19)15-18-4-5-20(28)21(14-18)29-3/h4-5,14,19,28H,6-13,15H2,1-3H3. The molecule has 0 aliphatic carbocycles. The number of hydrogen-bond donors (Lipinski definition) is 1. The van der Waals surface area contributed by atoms with E-state index in [9.17, 15) is 5.11 Å². The number of ether oxygens (including phenoxy) is 2. The van der Waals surface area contributed by atoms with Crippen LogP contribution in [0.15, 0.2) is 18.2 Å². The Hall–Kier alpha value is -2.38. The van der Waals surface area contributed by atoms with Crippen LogP contribution in [0, 0.1) is 13.8 Å². The summed E-state index contributed by atoms with van der Waals surface area (Å²) in [5.41, 5.74) is 3.42. The minimum absolute atomic E-state index is 0.183. The van der Waals surface area contributed by atoms with Gasteiger partial charge in [0.1, 0.15) is 11.6 Å². The summed E-state index contributed by atoms with van der Waals surface area (Å²) in [5.74, 6) is 3.18. The highest BCUT2D eigenvalue weighted by Crippen LogP contribution is 2.31. The van der Waals surface area contributed by atoms with Crippen molar-refractivity contribution < 1.29 is 14.6 Å². The quantitative estimate of drug-likeness (QED) is 0.809. The number of anilines is 1. The van der Waals surface area contributed by atoms with E-state index in [0.29, 0.717) is 11.7 Å². The average molecular weight is 413 g/mol. The molecule has 3 heterocycles. The maximum absolute atomic E-state index is 9.80. The van der Waals surface area contributed by atoms with Crippen LogP contribution in [0.25, 0.3) is 0 Å².